The number of carbonyl (C=O) groups is 1. The zero-order chi connectivity index (χ0) is 21.0. The number of likely N-dealkylation sites (tertiary alicyclic amines) is 1. The molecule has 1 spiro atoms. The van der Waals surface area contributed by atoms with Crippen LogP contribution < -0.4 is 4.74 Å². The lowest BCUT2D eigenvalue weighted by molar-refractivity contribution is -0.00834. The van der Waals surface area contributed by atoms with E-state index in [0.29, 0.717) is 18.8 Å². The lowest BCUT2D eigenvalue weighted by atomic mass is 9.82. The Labute approximate surface area is 181 Å². The predicted molar refractivity (Wildman–Crippen MR) is 116 cm³/mol. The maximum absolute atomic E-state index is 13.0. The summed E-state index contributed by atoms with van der Waals surface area (Å²) in [6.45, 7) is 2.31. The van der Waals surface area contributed by atoms with Gasteiger partial charge in [-0.25, -0.2) is 4.98 Å². The van der Waals surface area contributed by atoms with E-state index in [1.54, 1.807) is 16.9 Å². The number of carbonyl (C=O) groups excluding carboxylic acids is 1. The fraction of sp³-hybridized carbons (Fsp3) is 0.458. The van der Waals surface area contributed by atoms with E-state index in [2.05, 4.69) is 15.7 Å². The molecule has 2 fully saturated rings. The quantitative estimate of drug-likeness (QED) is 0.653. The van der Waals surface area contributed by atoms with Gasteiger partial charge < -0.3 is 14.2 Å². The molecule has 7 nitrogen and oxygen atoms in total. The molecule has 2 aromatic heterocycles. The molecule has 2 aliphatic heterocycles. The molecule has 1 saturated carbocycles. The fourth-order valence-corrected chi connectivity index (χ4v) is 5.31. The van der Waals surface area contributed by atoms with Crippen LogP contribution in [0.3, 0.4) is 0 Å². The molecule has 6 rings (SSSR count). The summed E-state index contributed by atoms with van der Waals surface area (Å²) in [6, 6.07) is 9.99. The molecule has 1 saturated heterocycles. The molecule has 1 aromatic carbocycles. The lowest BCUT2D eigenvalue weighted by Gasteiger charge is -2.45. The molecule has 0 atom stereocenters. The molecule has 0 bridgehead atoms. The lowest BCUT2D eigenvalue weighted by Crippen LogP contribution is -2.50. The number of aryl methyl sites for hydroxylation is 1. The summed E-state index contributed by atoms with van der Waals surface area (Å²) in [5, 5.41) is 4.15. The van der Waals surface area contributed by atoms with Crippen LogP contribution in [0, 0.1) is 5.92 Å². The first kappa shape index (κ1) is 18.7. The zero-order valence-corrected chi connectivity index (χ0v) is 17.8. The molecular weight excluding hydrogens is 390 g/mol. The Hall–Kier alpha value is -3.09. The smallest absolute Gasteiger partial charge is 0.272 e. The maximum atomic E-state index is 13.0. The standard InChI is InChI=1S/C24H27N5O2/c1-27-19(9-12-26-27)23(30)28-13-10-24(11-14-28)22-21(18-7-2-3-8-20(18)31-24)25-16-29(22)15-17-5-4-6-17/h2-3,7-9,12,16-17H,4-6,10-11,13-15H2,1H3. The van der Waals surface area contributed by atoms with Gasteiger partial charge in [0.05, 0.1) is 17.7 Å². The van der Waals surface area contributed by atoms with Gasteiger partial charge >= 0.3 is 0 Å². The van der Waals surface area contributed by atoms with Crippen molar-refractivity contribution < 1.29 is 9.53 Å². The van der Waals surface area contributed by atoms with Gasteiger partial charge in [-0.1, -0.05) is 18.6 Å². The van der Waals surface area contributed by atoms with Crippen LogP contribution in [0.15, 0.2) is 42.9 Å². The van der Waals surface area contributed by atoms with Crippen molar-refractivity contribution in [3.05, 3.63) is 54.2 Å². The van der Waals surface area contributed by atoms with E-state index in [1.165, 1.54) is 25.0 Å². The van der Waals surface area contributed by atoms with Gasteiger partial charge in [0.1, 0.15) is 11.4 Å². The van der Waals surface area contributed by atoms with E-state index < -0.39 is 5.60 Å². The highest BCUT2D eigenvalue weighted by Crippen LogP contribution is 2.49. The van der Waals surface area contributed by atoms with E-state index in [4.69, 9.17) is 9.72 Å². The summed E-state index contributed by atoms with van der Waals surface area (Å²) >= 11 is 0. The molecule has 160 valence electrons. The Bertz CT molecular complexity index is 1130. The zero-order valence-electron chi connectivity index (χ0n) is 17.8. The summed E-state index contributed by atoms with van der Waals surface area (Å²) in [5.74, 6) is 1.67. The monoisotopic (exact) mass is 417 g/mol. The second kappa shape index (κ2) is 6.97. The summed E-state index contributed by atoms with van der Waals surface area (Å²) in [4.78, 5) is 19.8. The number of fused-ring (bicyclic) bond motifs is 4. The highest BCUT2D eigenvalue weighted by atomic mass is 16.5. The highest BCUT2D eigenvalue weighted by Gasteiger charge is 2.47. The Morgan fingerprint density at radius 1 is 1.19 bits per heavy atom. The minimum atomic E-state index is -0.437. The predicted octanol–water partition coefficient (Wildman–Crippen LogP) is 3.61. The molecule has 0 radical (unpaired) electrons. The molecule has 3 aromatic rings. The molecule has 1 amide bonds. The third kappa shape index (κ3) is 2.90. The van der Waals surface area contributed by atoms with Gasteiger partial charge in [-0.2, -0.15) is 5.10 Å². The number of benzene rings is 1. The van der Waals surface area contributed by atoms with Gasteiger partial charge in [-0.3, -0.25) is 9.48 Å². The second-order valence-corrected chi connectivity index (χ2v) is 9.12. The number of nitrogens with zero attached hydrogens (tertiary/aromatic N) is 5. The molecule has 31 heavy (non-hydrogen) atoms. The minimum absolute atomic E-state index is 0.0364. The van der Waals surface area contributed by atoms with Crippen LogP contribution in [-0.4, -0.2) is 43.2 Å². The number of hydrogen-bond acceptors (Lipinski definition) is 4. The van der Waals surface area contributed by atoms with Crippen molar-refractivity contribution in [2.45, 2.75) is 44.2 Å². The first-order chi connectivity index (χ1) is 15.1. The maximum Gasteiger partial charge on any atom is 0.272 e. The Kier molecular flexibility index (Phi) is 4.20. The second-order valence-electron chi connectivity index (χ2n) is 9.12. The average Bonchev–Trinajstić information content (AvgIpc) is 3.38. The average molecular weight is 418 g/mol. The van der Waals surface area contributed by atoms with Crippen molar-refractivity contribution in [3.63, 3.8) is 0 Å². The van der Waals surface area contributed by atoms with Gasteiger partial charge in [-0.15, -0.1) is 0 Å². The van der Waals surface area contributed by atoms with Crippen molar-refractivity contribution in [1.82, 2.24) is 24.2 Å². The van der Waals surface area contributed by atoms with Gasteiger partial charge in [0, 0.05) is 51.3 Å². The van der Waals surface area contributed by atoms with Crippen LogP contribution in [-0.2, 0) is 19.2 Å². The van der Waals surface area contributed by atoms with E-state index in [9.17, 15) is 4.79 Å². The number of amides is 1. The third-order valence-corrected chi connectivity index (χ3v) is 7.29. The number of rotatable bonds is 3. The molecule has 0 N–H and O–H groups in total. The van der Waals surface area contributed by atoms with Crippen molar-refractivity contribution >= 4 is 5.91 Å². The van der Waals surface area contributed by atoms with Crippen molar-refractivity contribution in [2.75, 3.05) is 13.1 Å². The highest BCUT2D eigenvalue weighted by molar-refractivity contribution is 5.92. The SMILES string of the molecule is Cn1nccc1C(=O)N1CCC2(CC1)Oc1ccccc1-c1ncn(CC3CCC3)c12. The molecule has 7 heteroatoms. The number of para-hydroxylation sites is 1. The van der Waals surface area contributed by atoms with Crippen LogP contribution in [0.4, 0.5) is 0 Å². The normalized spacial score (nSPS) is 19.5. The Morgan fingerprint density at radius 3 is 2.71 bits per heavy atom. The van der Waals surface area contributed by atoms with Gasteiger partial charge in [0.15, 0.2) is 5.60 Å². The number of ether oxygens (including phenoxy) is 1. The van der Waals surface area contributed by atoms with Gasteiger partial charge in [0.2, 0.25) is 0 Å². The van der Waals surface area contributed by atoms with Crippen molar-refractivity contribution in [1.29, 1.82) is 0 Å². The molecular formula is C24H27N5O2. The van der Waals surface area contributed by atoms with Crippen LogP contribution in [0.1, 0.15) is 48.3 Å². The first-order valence-electron chi connectivity index (χ1n) is 11.3. The number of imidazole rings is 1. The fourth-order valence-electron chi connectivity index (χ4n) is 5.31. The van der Waals surface area contributed by atoms with Crippen LogP contribution in [0.25, 0.3) is 11.3 Å². The van der Waals surface area contributed by atoms with E-state index >= 15 is 0 Å². The number of aromatic nitrogens is 4. The van der Waals surface area contributed by atoms with E-state index in [-0.39, 0.29) is 5.91 Å². The van der Waals surface area contributed by atoms with Crippen molar-refractivity contribution in [2.24, 2.45) is 13.0 Å². The molecule has 3 aliphatic rings. The molecule has 0 unspecified atom stereocenters. The summed E-state index contributed by atoms with van der Waals surface area (Å²) < 4.78 is 10.7. The Morgan fingerprint density at radius 2 is 2.00 bits per heavy atom. The van der Waals surface area contributed by atoms with Crippen LogP contribution in [0.5, 0.6) is 5.75 Å². The van der Waals surface area contributed by atoms with E-state index in [1.807, 2.05) is 36.5 Å². The summed E-state index contributed by atoms with van der Waals surface area (Å²) in [6.07, 6.45) is 9.11. The van der Waals surface area contributed by atoms with Crippen molar-refractivity contribution in [3.8, 4) is 17.0 Å². The summed E-state index contributed by atoms with van der Waals surface area (Å²) in [5.41, 5.74) is 3.51. The van der Waals surface area contributed by atoms with Crippen LogP contribution >= 0.6 is 0 Å². The van der Waals surface area contributed by atoms with E-state index in [0.717, 1.165) is 42.3 Å². The Balaban J connectivity index is 1.33. The summed E-state index contributed by atoms with van der Waals surface area (Å²) in [7, 11) is 1.81. The van der Waals surface area contributed by atoms with Gasteiger partial charge in [0.25, 0.3) is 5.91 Å². The topological polar surface area (TPSA) is 65.2 Å². The number of piperidine rings is 1. The third-order valence-electron chi connectivity index (χ3n) is 7.29. The molecule has 4 heterocycles. The molecule has 1 aliphatic carbocycles. The van der Waals surface area contributed by atoms with Gasteiger partial charge in [-0.05, 0) is 37.0 Å². The minimum Gasteiger partial charge on any atom is -0.480 e. The number of hydrogen-bond donors (Lipinski definition) is 0. The first-order valence-corrected chi connectivity index (χ1v) is 11.3. The largest absolute Gasteiger partial charge is 0.480 e. The van der Waals surface area contributed by atoms with Crippen LogP contribution in [0.2, 0.25) is 0 Å².